The maximum atomic E-state index is 12.3. The van der Waals surface area contributed by atoms with E-state index in [0.29, 0.717) is 50.3 Å². The lowest BCUT2D eigenvalue weighted by atomic mass is 9.80. The molecule has 0 aromatic carbocycles. The number of rotatable bonds is 23. The van der Waals surface area contributed by atoms with Gasteiger partial charge in [-0.2, -0.15) is 0 Å². The molecule has 8 N–H and O–H groups in total. The number of aryl methyl sites for hydroxylation is 2. The van der Waals surface area contributed by atoms with Gasteiger partial charge in [-0.3, -0.25) is 4.79 Å². The van der Waals surface area contributed by atoms with E-state index in [1.54, 1.807) is 6.20 Å². The SMILES string of the molecule is CCCCCC1C=CC(CCCCCC(C(=O)O)C(O)CCC2(O)CC(Cc3ccnc(N)c3)CC2Cc2cc(CC)c(CCCO)[nH]2)C(O)C1. The summed E-state index contributed by atoms with van der Waals surface area (Å²) in [7, 11) is 0. The number of aliphatic hydroxyl groups is 4. The van der Waals surface area contributed by atoms with E-state index in [1.807, 2.05) is 12.1 Å². The third-order valence-corrected chi connectivity index (χ3v) is 11.9. The predicted octanol–water partition coefficient (Wildman–Crippen LogP) is 6.95. The highest BCUT2D eigenvalue weighted by molar-refractivity contribution is 5.70. The standard InChI is InChI=1S/C42H67N3O6/c1-3-5-7-11-29-15-16-33(39(48)24-29)12-8-6-9-13-36(41(49)50)38(47)17-19-42(51)28-31(22-30-18-20-44-40(43)25-30)23-34(42)27-35-26-32(4-2)37(45-35)14-10-21-46/h15-16,18,20,25-26,29,31,33-34,36,38-39,45-48,51H,3-14,17,19,21-24,27-28H2,1-2H3,(H2,43,44)(H,49,50). The Morgan fingerprint density at radius 1 is 1.04 bits per heavy atom. The van der Waals surface area contributed by atoms with Crippen molar-refractivity contribution in [3.05, 3.63) is 59.1 Å². The van der Waals surface area contributed by atoms with Crippen LogP contribution in [0.15, 0.2) is 36.5 Å². The highest BCUT2D eigenvalue weighted by Gasteiger charge is 2.46. The van der Waals surface area contributed by atoms with E-state index < -0.39 is 23.6 Å². The summed E-state index contributed by atoms with van der Waals surface area (Å²) >= 11 is 0. The molecule has 2 aromatic rings. The molecule has 0 spiro atoms. The molecule has 8 atom stereocenters. The number of carboxylic acids is 1. The molecule has 8 unspecified atom stereocenters. The zero-order chi connectivity index (χ0) is 36.8. The van der Waals surface area contributed by atoms with Crippen LogP contribution in [0.25, 0.3) is 0 Å². The number of nitrogens with one attached hydrogen (secondary N) is 1. The molecule has 2 aliphatic carbocycles. The molecule has 51 heavy (non-hydrogen) atoms. The minimum Gasteiger partial charge on any atom is -0.481 e. The number of carboxylic acid groups (broad SMARTS) is 1. The van der Waals surface area contributed by atoms with E-state index in [1.165, 1.54) is 24.8 Å². The van der Waals surface area contributed by atoms with Crippen molar-refractivity contribution >= 4 is 11.8 Å². The summed E-state index contributed by atoms with van der Waals surface area (Å²) in [5.41, 5.74) is 9.45. The Kier molecular flexibility index (Phi) is 16.5. The van der Waals surface area contributed by atoms with Crippen LogP contribution in [0.2, 0.25) is 0 Å². The second-order valence-electron chi connectivity index (χ2n) is 15.9. The lowest BCUT2D eigenvalue weighted by Gasteiger charge is -2.32. The van der Waals surface area contributed by atoms with E-state index in [9.17, 15) is 30.3 Å². The summed E-state index contributed by atoms with van der Waals surface area (Å²) < 4.78 is 0. The predicted molar refractivity (Wildman–Crippen MR) is 203 cm³/mol. The molecule has 0 bridgehead atoms. The van der Waals surface area contributed by atoms with Gasteiger partial charge in [0.25, 0.3) is 0 Å². The number of aliphatic hydroxyl groups excluding tert-OH is 3. The van der Waals surface area contributed by atoms with Crippen molar-refractivity contribution in [3.8, 4) is 0 Å². The Morgan fingerprint density at radius 3 is 2.55 bits per heavy atom. The fourth-order valence-electron chi connectivity index (χ4n) is 8.99. The number of nitrogens with zero attached hydrogens (tertiary/aromatic N) is 1. The summed E-state index contributed by atoms with van der Waals surface area (Å²) in [4.78, 5) is 20.0. The van der Waals surface area contributed by atoms with Gasteiger partial charge in [0.15, 0.2) is 0 Å². The van der Waals surface area contributed by atoms with Gasteiger partial charge in [0.1, 0.15) is 5.82 Å². The summed E-state index contributed by atoms with van der Waals surface area (Å²) in [6, 6.07) is 6.04. The third-order valence-electron chi connectivity index (χ3n) is 11.9. The fourth-order valence-corrected chi connectivity index (χ4v) is 8.99. The number of hydrogen-bond acceptors (Lipinski definition) is 7. The first kappa shape index (κ1) is 41.0. The van der Waals surface area contributed by atoms with Gasteiger partial charge in [-0.05, 0) is 131 Å². The molecule has 0 radical (unpaired) electrons. The molecule has 286 valence electrons. The highest BCUT2D eigenvalue weighted by Crippen LogP contribution is 2.46. The Balaban J connectivity index is 1.32. The van der Waals surface area contributed by atoms with E-state index >= 15 is 0 Å². The smallest absolute Gasteiger partial charge is 0.309 e. The van der Waals surface area contributed by atoms with Crippen molar-refractivity contribution in [1.82, 2.24) is 9.97 Å². The number of unbranched alkanes of at least 4 members (excludes halogenated alkanes) is 4. The number of aromatic amines is 1. The summed E-state index contributed by atoms with van der Waals surface area (Å²) in [6.07, 6.45) is 20.0. The van der Waals surface area contributed by atoms with Crippen LogP contribution in [0.5, 0.6) is 0 Å². The second-order valence-corrected chi connectivity index (χ2v) is 15.9. The molecule has 9 nitrogen and oxygen atoms in total. The topological polar surface area (TPSA) is 173 Å². The van der Waals surface area contributed by atoms with E-state index in [4.69, 9.17) is 5.73 Å². The average Bonchev–Trinajstić information content (AvgIpc) is 3.63. The van der Waals surface area contributed by atoms with Crippen LogP contribution in [0.3, 0.4) is 0 Å². The van der Waals surface area contributed by atoms with Crippen molar-refractivity contribution in [1.29, 1.82) is 0 Å². The van der Waals surface area contributed by atoms with Gasteiger partial charge in [0.05, 0.1) is 23.7 Å². The molecule has 2 aromatic heterocycles. The van der Waals surface area contributed by atoms with Gasteiger partial charge in [-0.15, -0.1) is 0 Å². The number of anilines is 1. The molecule has 2 aliphatic rings. The largest absolute Gasteiger partial charge is 0.481 e. The monoisotopic (exact) mass is 710 g/mol. The molecule has 1 saturated carbocycles. The van der Waals surface area contributed by atoms with Gasteiger partial charge in [0.2, 0.25) is 0 Å². The van der Waals surface area contributed by atoms with Crippen LogP contribution in [0, 0.1) is 29.6 Å². The molecule has 0 amide bonds. The van der Waals surface area contributed by atoms with Gasteiger partial charge < -0.3 is 36.3 Å². The van der Waals surface area contributed by atoms with E-state index in [0.717, 1.165) is 74.7 Å². The molecule has 4 rings (SSSR count). The van der Waals surface area contributed by atoms with Gasteiger partial charge in [-0.1, -0.05) is 64.5 Å². The fraction of sp³-hybridized carbons (Fsp3) is 0.714. The number of pyridine rings is 1. The summed E-state index contributed by atoms with van der Waals surface area (Å²) in [6.45, 7) is 4.48. The summed E-state index contributed by atoms with van der Waals surface area (Å²) in [5, 5.41) is 53.7. The molecule has 1 fully saturated rings. The average molecular weight is 710 g/mol. The molecule has 2 heterocycles. The first-order chi connectivity index (χ1) is 24.5. The van der Waals surface area contributed by atoms with Crippen molar-refractivity contribution in [2.45, 2.75) is 154 Å². The number of nitrogens with two attached hydrogens (primary N) is 1. The second kappa shape index (κ2) is 20.5. The number of aliphatic carboxylic acids is 1. The van der Waals surface area contributed by atoms with Gasteiger partial charge in [0, 0.05) is 30.1 Å². The van der Waals surface area contributed by atoms with Gasteiger partial charge in [-0.25, -0.2) is 4.98 Å². The zero-order valence-electron chi connectivity index (χ0n) is 31.3. The number of aromatic nitrogens is 2. The maximum Gasteiger partial charge on any atom is 0.309 e. The Labute approximate surface area is 306 Å². The van der Waals surface area contributed by atoms with Crippen molar-refractivity contribution in [2.75, 3.05) is 12.3 Å². The van der Waals surface area contributed by atoms with Crippen molar-refractivity contribution < 1.29 is 30.3 Å². The highest BCUT2D eigenvalue weighted by atomic mass is 16.4. The van der Waals surface area contributed by atoms with Crippen molar-refractivity contribution in [2.24, 2.45) is 29.6 Å². The Morgan fingerprint density at radius 2 is 1.84 bits per heavy atom. The maximum absolute atomic E-state index is 12.3. The third kappa shape index (κ3) is 12.4. The first-order valence-electron chi connectivity index (χ1n) is 20.1. The minimum atomic E-state index is -1.04. The zero-order valence-corrected chi connectivity index (χ0v) is 31.3. The van der Waals surface area contributed by atoms with Crippen LogP contribution in [0.4, 0.5) is 5.82 Å². The molecular formula is C42H67N3O6. The lowest BCUT2D eigenvalue weighted by Crippen LogP contribution is -2.37. The first-order valence-corrected chi connectivity index (χ1v) is 20.1. The number of nitrogen functional groups attached to an aromatic ring is 1. The normalized spacial score (nSPS) is 26.0. The number of H-pyrrole nitrogens is 1. The Hall–Kier alpha value is -2.72. The van der Waals surface area contributed by atoms with E-state index in [2.05, 4.69) is 42.0 Å². The molecule has 0 saturated heterocycles. The van der Waals surface area contributed by atoms with Crippen molar-refractivity contribution in [3.63, 3.8) is 0 Å². The van der Waals surface area contributed by atoms with Crippen LogP contribution >= 0.6 is 0 Å². The molecule has 0 aliphatic heterocycles. The summed E-state index contributed by atoms with van der Waals surface area (Å²) in [5.74, 6) is -0.585. The minimum absolute atomic E-state index is 0.0537. The lowest BCUT2D eigenvalue weighted by molar-refractivity contribution is -0.146. The number of allylic oxidation sites excluding steroid dienone is 1. The molecule has 9 heteroatoms. The van der Waals surface area contributed by atoms with Gasteiger partial charge >= 0.3 is 5.97 Å². The quantitative estimate of drug-likeness (QED) is 0.0480. The van der Waals surface area contributed by atoms with Crippen LogP contribution in [0.1, 0.15) is 133 Å². The van der Waals surface area contributed by atoms with Crippen LogP contribution in [-0.4, -0.2) is 65.9 Å². The van der Waals surface area contributed by atoms with Crippen LogP contribution < -0.4 is 5.73 Å². The van der Waals surface area contributed by atoms with Crippen LogP contribution in [-0.2, 0) is 30.5 Å². The Bertz CT molecular complexity index is 1360. The van der Waals surface area contributed by atoms with E-state index in [-0.39, 0.29) is 36.9 Å². The molecular weight excluding hydrogens is 642 g/mol. The number of carbonyl (C=O) groups is 1. The number of hydrogen-bond donors (Lipinski definition) is 7.